The molecule has 0 radical (unpaired) electrons. The molecular formula is C44H48F2N8O6. The first-order valence-corrected chi connectivity index (χ1v) is 20.8. The van der Waals surface area contributed by atoms with E-state index in [9.17, 15) is 32.8 Å². The molecule has 3 aliphatic heterocycles. The van der Waals surface area contributed by atoms with Crippen molar-refractivity contribution < 1.29 is 37.5 Å². The molecule has 3 N–H and O–H groups in total. The van der Waals surface area contributed by atoms with Crippen molar-refractivity contribution in [3.63, 3.8) is 0 Å². The highest BCUT2D eigenvalue weighted by atomic mass is 19.3. The summed E-state index contributed by atoms with van der Waals surface area (Å²) < 4.78 is 35.2. The van der Waals surface area contributed by atoms with Crippen LogP contribution >= 0.6 is 0 Å². The van der Waals surface area contributed by atoms with Gasteiger partial charge < -0.3 is 20.3 Å². The van der Waals surface area contributed by atoms with Gasteiger partial charge in [-0.05, 0) is 98.9 Å². The van der Waals surface area contributed by atoms with Crippen molar-refractivity contribution in [2.75, 3.05) is 43.9 Å². The SMILES string of the molecule is COc1cc2nn([C@H]3CC[C@H](CN4CC5(CC(CCNc6cccc7c6C(=O)N([C@H]6CCC(=O)NC6=O)C7=O)C5)C4)CC3)cc2cc1NC(=O)c1cccc(C(C)(F)F)n1. The summed E-state index contributed by atoms with van der Waals surface area (Å²) >= 11 is 0. The molecule has 14 nitrogen and oxygen atoms in total. The summed E-state index contributed by atoms with van der Waals surface area (Å²) in [6.45, 7) is 4.80. The number of amides is 5. The molecule has 1 atom stereocenters. The highest BCUT2D eigenvalue weighted by Crippen LogP contribution is 2.53. The molecule has 2 aliphatic carbocycles. The number of carbonyl (C=O) groups excluding carboxylic acids is 5. The van der Waals surface area contributed by atoms with Crippen molar-refractivity contribution in [3.05, 3.63) is 77.2 Å². The minimum Gasteiger partial charge on any atom is -0.494 e. The molecule has 1 spiro atoms. The number of piperidine rings is 1. The van der Waals surface area contributed by atoms with Crippen molar-refractivity contribution in [3.8, 4) is 5.75 Å². The van der Waals surface area contributed by atoms with Gasteiger partial charge in [-0.1, -0.05) is 12.1 Å². The van der Waals surface area contributed by atoms with Crippen molar-refractivity contribution >= 4 is 51.8 Å². The molecule has 2 saturated heterocycles. The van der Waals surface area contributed by atoms with Crippen LogP contribution in [0.15, 0.2) is 54.7 Å². The Morgan fingerprint density at radius 1 is 0.967 bits per heavy atom. The van der Waals surface area contributed by atoms with Crippen LogP contribution < -0.4 is 20.7 Å². The predicted octanol–water partition coefficient (Wildman–Crippen LogP) is 6.15. The van der Waals surface area contributed by atoms with Crippen LogP contribution in [0.2, 0.25) is 0 Å². The van der Waals surface area contributed by atoms with E-state index in [0.717, 1.165) is 74.5 Å². The molecule has 0 unspecified atom stereocenters. The molecule has 9 rings (SSSR count). The fourth-order valence-corrected chi connectivity index (χ4v) is 10.2. The van der Waals surface area contributed by atoms with Crippen molar-refractivity contribution in [2.45, 2.75) is 82.7 Å². The number of fused-ring (bicyclic) bond motifs is 2. The Bertz CT molecular complexity index is 2390. The highest BCUT2D eigenvalue weighted by molar-refractivity contribution is 6.25. The van der Waals surface area contributed by atoms with E-state index in [-0.39, 0.29) is 30.1 Å². The van der Waals surface area contributed by atoms with E-state index in [1.54, 1.807) is 30.3 Å². The van der Waals surface area contributed by atoms with Gasteiger partial charge in [0.2, 0.25) is 11.8 Å². The summed E-state index contributed by atoms with van der Waals surface area (Å²) in [7, 11) is 1.50. The van der Waals surface area contributed by atoms with Crippen molar-refractivity contribution in [1.29, 1.82) is 0 Å². The molecule has 2 saturated carbocycles. The third kappa shape index (κ3) is 7.50. The predicted molar refractivity (Wildman–Crippen MR) is 217 cm³/mol. The summed E-state index contributed by atoms with van der Waals surface area (Å²) in [5.74, 6) is -4.14. The molecule has 2 aromatic heterocycles. The Labute approximate surface area is 345 Å². The first-order valence-electron chi connectivity index (χ1n) is 20.8. The maximum atomic E-state index is 13.8. The second-order valence-corrected chi connectivity index (χ2v) is 17.5. The zero-order valence-electron chi connectivity index (χ0n) is 33.6. The molecule has 5 aliphatic rings. The molecule has 16 heteroatoms. The fourth-order valence-electron chi connectivity index (χ4n) is 10.2. The largest absolute Gasteiger partial charge is 0.494 e. The number of nitrogens with one attached hydrogen (secondary N) is 3. The Balaban J connectivity index is 0.719. The first-order chi connectivity index (χ1) is 28.8. The van der Waals surface area contributed by atoms with Crippen LogP contribution in [-0.2, 0) is 15.5 Å². The molecular weight excluding hydrogens is 775 g/mol. The summed E-state index contributed by atoms with van der Waals surface area (Å²) in [4.78, 5) is 71.2. The van der Waals surface area contributed by atoms with E-state index in [1.165, 1.54) is 38.2 Å². The molecule has 5 amide bonds. The molecule has 4 aromatic rings. The lowest BCUT2D eigenvalue weighted by Crippen LogP contribution is -2.63. The molecule has 314 valence electrons. The van der Waals surface area contributed by atoms with Gasteiger partial charge in [0.05, 0.1) is 35.5 Å². The minimum absolute atomic E-state index is 0.0843. The van der Waals surface area contributed by atoms with Crippen LogP contribution in [0.4, 0.5) is 20.2 Å². The molecule has 60 heavy (non-hydrogen) atoms. The van der Waals surface area contributed by atoms with E-state index in [4.69, 9.17) is 9.84 Å². The lowest BCUT2D eigenvalue weighted by atomic mass is 9.57. The number of pyridine rings is 1. The highest BCUT2D eigenvalue weighted by Gasteiger charge is 2.52. The first kappa shape index (κ1) is 39.7. The third-order valence-corrected chi connectivity index (χ3v) is 13.1. The molecule has 2 aromatic carbocycles. The normalized spacial score (nSPS) is 23.0. The zero-order chi connectivity index (χ0) is 41.9. The van der Waals surface area contributed by atoms with E-state index in [2.05, 4.69) is 25.8 Å². The van der Waals surface area contributed by atoms with Crippen molar-refractivity contribution in [2.24, 2.45) is 17.3 Å². The van der Waals surface area contributed by atoms with E-state index >= 15 is 0 Å². The summed E-state index contributed by atoms with van der Waals surface area (Å²) in [5.41, 5.74) is 2.14. The summed E-state index contributed by atoms with van der Waals surface area (Å²) in [6.07, 6.45) is 9.85. The lowest BCUT2D eigenvalue weighted by molar-refractivity contribution is -0.136. The minimum atomic E-state index is -3.17. The average molecular weight is 823 g/mol. The summed E-state index contributed by atoms with van der Waals surface area (Å²) in [5, 5.41) is 14.1. The Hall–Kier alpha value is -5.77. The number of hydrogen-bond acceptors (Lipinski definition) is 10. The van der Waals surface area contributed by atoms with Gasteiger partial charge in [0.15, 0.2) is 0 Å². The third-order valence-electron chi connectivity index (χ3n) is 13.1. The monoisotopic (exact) mass is 822 g/mol. The number of hydrogen-bond donors (Lipinski definition) is 3. The number of methoxy groups -OCH3 is 1. The van der Waals surface area contributed by atoms with Crippen LogP contribution in [0.1, 0.15) is 108 Å². The molecule has 5 heterocycles. The lowest BCUT2D eigenvalue weighted by Gasteiger charge is -2.60. The van der Waals surface area contributed by atoms with Gasteiger partial charge >= 0.3 is 0 Å². The second-order valence-electron chi connectivity index (χ2n) is 17.5. The summed E-state index contributed by atoms with van der Waals surface area (Å²) in [6, 6.07) is 12.0. The Morgan fingerprint density at radius 2 is 1.73 bits per heavy atom. The van der Waals surface area contributed by atoms with Crippen LogP contribution in [0.3, 0.4) is 0 Å². The zero-order valence-corrected chi connectivity index (χ0v) is 33.6. The second kappa shape index (κ2) is 15.4. The Kier molecular flexibility index (Phi) is 10.2. The topological polar surface area (TPSA) is 168 Å². The maximum absolute atomic E-state index is 13.8. The number of benzene rings is 2. The standard InChI is InChI=1S/C44H48F2N8O6/c1-43(45,46)36-8-4-7-31(48-36)39(56)49-33-17-27-22-53(51-32(27)18-35(33)60-2)28-11-9-25(10-12-28)21-52-23-44(24-52)19-26(20-44)15-16-47-30-6-3-5-29-38(30)42(59)54(41(29)58)34-13-14-37(55)50-40(34)57/h3-8,17-18,22,25-26,28,34,47H,9-16,19-21,23-24H2,1-2H3,(H,49,56)(H,50,55,57)/t25-,28-,34-/m0/s1. The van der Waals surface area contributed by atoms with Crippen LogP contribution in [0.25, 0.3) is 10.9 Å². The molecule has 4 fully saturated rings. The number of imide groups is 2. The number of rotatable bonds is 12. The Morgan fingerprint density at radius 3 is 2.47 bits per heavy atom. The number of anilines is 2. The number of halogens is 2. The van der Waals surface area contributed by atoms with Gasteiger partial charge in [-0.15, -0.1) is 0 Å². The van der Waals surface area contributed by atoms with Gasteiger partial charge in [-0.2, -0.15) is 13.9 Å². The smallest absolute Gasteiger partial charge is 0.287 e. The number of carbonyl (C=O) groups is 5. The van der Waals surface area contributed by atoms with Crippen LogP contribution in [-0.4, -0.2) is 93.4 Å². The quantitative estimate of drug-likeness (QED) is 0.141. The number of alkyl halides is 2. The molecule has 0 bridgehead atoms. The van der Waals surface area contributed by atoms with E-state index < -0.39 is 47.2 Å². The number of likely N-dealkylation sites (tertiary alicyclic amines) is 1. The number of ether oxygens (including phenoxy) is 1. The van der Waals surface area contributed by atoms with Gasteiger partial charge in [0.1, 0.15) is 23.2 Å². The van der Waals surface area contributed by atoms with Crippen LogP contribution in [0, 0.1) is 17.3 Å². The van der Waals surface area contributed by atoms with Gasteiger partial charge in [-0.3, -0.25) is 38.9 Å². The van der Waals surface area contributed by atoms with Gasteiger partial charge in [0, 0.05) is 62.9 Å². The number of nitrogens with zero attached hydrogens (tertiary/aromatic N) is 5. The maximum Gasteiger partial charge on any atom is 0.287 e. The van der Waals surface area contributed by atoms with Gasteiger partial charge in [0.25, 0.3) is 23.6 Å². The van der Waals surface area contributed by atoms with E-state index in [1.807, 2.05) is 10.9 Å². The van der Waals surface area contributed by atoms with Gasteiger partial charge in [-0.25, -0.2) is 4.98 Å². The number of aromatic nitrogens is 3. The average Bonchev–Trinajstić information content (AvgIpc) is 3.73. The van der Waals surface area contributed by atoms with E-state index in [0.29, 0.717) is 46.5 Å². The van der Waals surface area contributed by atoms with Crippen LogP contribution in [0.5, 0.6) is 5.75 Å². The van der Waals surface area contributed by atoms with Crippen molar-refractivity contribution in [1.82, 2.24) is 29.9 Å². The fraction of sp³-hybridized carbons (Fsp3) is 0.477.